The van der Waals surface area contributed by atoms with Crippen molar-refractivity contribution in [1.82, 2.24) is 4.90 Å². The van der Waals surface area contributed by atoms with Crippen LogP contribution < -0.4 is 0 Å². The number of likely N-dealkylation sites (tertiary alicyclic amines) is 1. The van der Waals surface area contributed by atoms with E-state index in [2.05, 4.69) is 26.8 Å². The van der Waals surface area contributed by atoms with Gasteiger partial charge in [-0.2, -0.15) is 0 Å². The minimum absolute atomic E-state index is 0.0205. The lowest BCUT2D eigenvalue weighted by atomic mass is 9.84. The van der Waals surface area contributed by atoms with Crippen molar-refractivity contribution in [1.29, 1.82) is 0 Å². The van der Waals surface area contributed by atoms with E-state index >= 15 is 0 Å². The van der Waals surface area contributed by atoms with Crippen molar-refractivity contribution >= 4 is 17.4 Å². The Kier molecular flexibility index (Phi) is 6.22. The Morgan fingerprint density at radius 2 is 1.61 bits per heavy atom. The van der Waals surface area contributed by atoms with E-state index in [1.54, 1.807) is 4.90 Å². The third-order valence-corrected chi connectivity index (χ3v) is 7.29. The van der Waals surface area contributed by atoms with E-state index in [1.165, 1.54) is 0 Å². The summed E-state index contributed by atoms with van der Waals surface area (Å²) in [7, 11) is 0. The number of aryl methyl sites for hydroxylation is 2. The van der Waals surface area contributed by atoms with Crippen LogP contribution in [0.2, 0.25) is 0 Å². The fraction of sp³-hybridized carbons (Fsp3) is 0.448. The Morgan fingerprint density at radius 1 is 0.939 bits per heavy atom. The highest BCUT2D eigenvalue weighted by atomic mass is 16.3. The quantitative estimate of drug-likeness (QED) is 0.340. The van der Waals surface area contributed by atoms with Crippen molar-refractivity contribution in [2.75, 3.05) is 0 Å². The first-order valence-electron chi connectivity index (χ1n) is 12.1. The van der Waals surface area contributed by atoms with Crippen LogP contribution in [0.25, 0.3) is 5.76 Å². The number of ketones is 1. The number of carbonyl (C=O) groups is 2. The maximum absolute atomic E-state index is 13.5. The molecule has 2 aliphatic rings. The maximum atomic E-state index is 13.5. The fourth-order valence-electron chi connectivity index (χ4n) is 5.27. The molecular weight excluding hydrogens is 410 g/mol. The van der Waals surface area contributed by atoms with Gasteiger partial charge in [0.1, 0.15) is 5.76 Å². The van der Waals surface area contributed by atoms with Gasteiger partial charge < -0.3 is 10.0 Å². The molecule has 1 saturated heterocycles. The Hall–Kier alpha value is -2.88. The lowest BCUT2D eigenvalue weighted by Crippen LogP contribution is -2.40. The highest BCUT2D eigenvalue weighted by Gasteiger charge is 2.49. The van der Waals surface area contributed by atoms with Crippen molar-refractivity contribution in [3.05, 3.63) is 75.9 Å². The molecule has 2 aromatic carbocycles. The Bertz CT molecular complexity index is 1120. The van der Waals surface area contributed by atoms with Gasteiger partial charge in [0, 0.05) is 11.6 Å². The molecule has 0 aromatic heterocycles. The van der Waals surface area contributed by atoms with Crippen LogP contribution in [0.5, 0.6) is 0 Å². The minimum Gasteiger partial charge on any atom is -0.507 e. The molecule has 1 aliphatic carbocycles. The zero-order chi connectivity index (χ0) is 23.9. The van der Waals surface area contributed by atoms with Crippen molar-refractivity contribution in [2.45, 2.75) is 84.2 Å². The van der Waals surface area contributed by atoms with Crippen LogP contribution in [-0.2, 0) is 15.0 Å². The molecule has 4 nitrogen and oxygen atoms in total. The van der Waals surface area contributed by atoms with Gasteiger partial charge in [-0.3, -0.25) is 9.59 Å². The highest BCUT2D eigenvalue weighted by Crippen LogP contribution is 2.44. The highest BCUT2D eigenvalue weighted by molar-refractivity contribution is 6.46. The largest absolute Gasteiger partial charge is 0.507 e. The Balaban J connectivity index is 1.93. The van der Waals surface area contributed by atoms with Gasteiger partial charge in [-0.05, 0) is 60.4 Å². The van der Waals surface area contributed by atoms with E-state index in [0.29, 0.717) is 5.56 Å². The van der Waals surface area contributed by atoms with Gasteiger partial charge in [0.15, 0.2) is 0 Å². The molecule has 0 radical (unpaired) electrons. The molecule has 1 unspecified atom stereocenters. The smallest absolute Gasteiger partial charge is 0.295 e. The number of aliphatic hydroxyl groups excluding tert-OH is 1. The second kappa shape index (κ2) is 8.81. The van der Waals surface area contributed by atoms with Gasteiger partial charge in [0.2, 0.25) is 0 Å². The molecular formula is C29H35NO3. The van der Waals surface area contributed by atoms with Crippen LogP contribution in [0, 0.1) is 13.8 Å². The van der Waals surface area contributed by atoms with Crippen molar-refractivity contribution in [3.63, 3.8) is 0 Å². The number of aliphatic hydroxyl groups is 1. The van der Waals surface area contributed by atoms with Crippen molar-refractivity contribution in [3.8, 4) is 0 Å². The van der Waals surface area contributed by atoms with E-state index in [-0.39, 0.29) is 22.8 Å². The lowest BCUT2D eigenvalue weighted by Gasteiger charge is -2.36. The summed E-state index contributed by atoms with van der Waals surface area (Å²) in [4.78, 5) is 28.6. The molecule has 4 heteroatoms. The third-order valence-electron chi connectivity index (χ3n) is 7.29. The number of Topliss-reactive ketones (excluding diaryl/α,β-unsaturated/α-hetero) is 1. The number of amides is 1. The number of carbonyl (C=O) groups excluding carboxylic acids is 2. The SMILES string of the molecule is Cc1ccc(C(C)(C)C)cc1/C(O)=C1\C(=O)C(=O)N(C2CCCCC2)C1c1ccccc1C. The predicted octanol–water partition coefficient (Wildman–Crippen LogP) is 6.36. The topological polar surface area (TPSA) is 57.6 Å². The summed E-state index contributed by atoms with van der Waals surface area (Å²) in [6, 6.07) is 13.3. The van der Waals surface area contributed by atoms with Crippen LogP contribution in [0.4, 0.5) is 0 Å². The van der Waals surface area contributed by atoms with Crippen LogP contribution in [0.1, 0.15) is 86.7 Å². The second-order valence-corrected chi connectivity index (χ2v) is 10.6. The molecule has 174 valence electrons. The first-order valence-corrected chi connectivity index (χ1v) is 12.1. The molecule has 1 N–H and O–H groups in total. The van der Waals surface area contributed by atoms with Crippen LogP contribution in [0.3, 0.4) is 0 Å². The van der Waals surface area contributed by atoms with E-state index in [1.807, 2.05) is 50.2 Å². The first kappa shape index (κ1) is 23.3. The van der Waals surface area contributed by atoms with E-state index in [0.717, 1.165) is 54.4 Å². The molecule has 1 atom stereocenters. The number of hydrogen-bond acceptors (Lipinski definition) is 3. The number of rotatable bonds is 3. The van der Waals surface area contributed by atoms with Crippen molar-refractivity contribution < 1.29 is 14.7 Å². The van der Waals surface area contributed by atoms with E-state index in [4.69, 9.17) is 0 Å². The van der Waals surface area contributed by atoms with Gasteiger partial charge in [0.25, 0.3) is 11.7 Å². The summed E-state index contributed by atoms with van der Waals surface area (Å²) in [5.74, 6) is -1.13. The van der Waals surface area contributed by atoms with Crippen LogP contribution >= 0.6 is 0 Å². The summed E-state index contributed by atoms with van der Waals surface area (Å²) in [6.07, 6.45) is 5.07. The summed E-state index contributed by atoms with van der Waals surface area (Å²) in [6.45, 7) is 10.3. The molecule has 1 saturated carbocycles. The lowest BCUT2D eigenvalue weighted by molar-refractivity contribution is -0.141. The van der Waals surface area contributed by atoms with Crippen molar-refractivity contribution in [2.24, 2.45) is 0 Å². The maximum Gasteiger partial charge on any atom is 0.295 e. The predicted molar refractivity (Wildman–Crippen MR) is 132 cm³/mol. The zero-order valence-electron chi connectivity index (χ0n) is 20.4. The zero-order valence-corrected chi connectivity index (χ0v) is 20.4. The summed E-state index contributed by atoms with van der Waals surface area (Å²) in [5, 5.41) is 11.6. The average Bonchev–Trinajstić information content (AvgIpc) is 3.04. The molecule has 1 heterocycles. The third kappa shape index (κ3) is 4.23. The van der Waals surface area contributed by atoms with Crippen LogP contribution in [-0.4, -0.2) is 27.7 Å². The Morgan fingerprint density at radius 3 is 2.24 bits per heavy atom. The van der Waals surface area contributed by atoms with Gasteiger partial charge in [-0.1, -0.05) is 76.4 Å². The summed E-state index contributed by atoms with van der Waals surface area (Å²) >= 11 is 0. The van der Waals surface area contributed by atoms with Gasteiger partial charge in [-0.15, -0.1) is 0 Å². The van der Waals surface area contributed by atoms with Gasteiger partial charge in [-0.25, -0.2) is 0 Å². The first-order chi connectivity index (χ1) is 15.6. The number of hydrogen-bond donors (Lipinski definition) is 1. The Labute approximate surface area is 197 Å². The number of nitrogens with zero attached hydrogens (tertiary/aromatic N) is 1. The minimum atomic E-state index is -0.577. The standard InChI is InChI=1S/C29H35NO3/c1-18-11-9-10-14-22(18)25-24(27(32)28(33)30(25)21-12-7-6-8-13-21)26(31)23-17-20(29(3,4)5)16-15-19(23)2/h9-11,14-17,21,25,31H,6-8,12-13H2,1-5H3/b26-24+. The second-order valence-electron chi connectivity index (χ2n) is 10.6. The molecule has 1 amide bonds. The summed E-state index contributed by atoms with van der Waals surface area (Å²) in [5.41, 5.74) is 4.62. The molecule has 4 rings (SSSR count). The van der Waals surface area contributed by atoms with E-state index < -0.39 is 17.7 Å². The van der Waals surface area contributed by atoms with Crippen LogP contribution in [0.15, 0.2) is 48.0 Å². The van der Waals surface area contributed by atoms with E-state index in [9.17, 15) is 14.7 Å². The average molecular weight is 446 g/mol. The summed E-state index contributed by atoms with van der Waals surface area (Å²) < 4.78 is 0. The fourth-order valence-corrected chi connectivity index (χ4v) is 5.27. The molecule has 1 aliphatic heterocycles. The number of benzene rings is 2. The normalized spacial score (nSPS) is 21.6. The van der Waals surface area contributed by atoms with Gasteiger partial charge in [0.05, 0.1) is 11.6 Å². The monoisotopic (exact) mass is 445 g/mol. The molecule has 33 heavy (non-hydrogen) atoms. The molecule has 0 bridgehead atoms. The molecule has 2 aromatic rings. The van der Waals surface area contributed by atoms with Gasteiger partial charge >= 0.3 is 0 Å². The molecule has 2 fully saturated rings. The molecule has 0 spiro atoms.